The van der Waals surface area contributed by atoms with Crippen LogP contribution in [0.3, 0.4) is 0 Å². The molecule has 0 aliphatic carbocycles. The molecule has 23 heavy (non-hydrogen) atoms. The van der Waals surface area contributed by atoms with Gasteiger partial charge in [-0.25, -0.2) is 0 Å². The van der Waals surface area contributed by atoms with Crippen molar-refractivity contribution < 1.29 is 5.11 Å². The molecular formula is C19H22N2O2. The number of nitrogens with zero attached hydrogens (tertiary/aromatic N) is 2. The van der Waals surface area contributed by atoms with Crippen molar-refractivity contribution >= 4 is 0 Å². The Labute approximate surface area is 136 Å². The van der Waals surface area contributed by atoms with Crippen LogP contribution >= 0.6 is 0 Å². The molecule has 0 amide bonds. The lowest BCUT2D eigenvalue weighted by molar-refractivity contribution is 0.0621. The Morgan fingerprint density at radius 3 is 2.70 bits per heavy atom. The molecule has 1 fully saturated rings. The lowest BCUT2D eigenvalue weighted by Crippen LogP contribution is -2.48. The van der Waals surface area contributed by atoms with Gasteiger partial charge in [0.1, 0.15) is 0 Å². The molecule has 4 rings (SSSR count). The zero-order valence-electron chi connectivity index (χ0n) is 13.1. The first-order chi connectivity index (χ1) is 11.2. The van der Waals surface area contributed by atoms with Gasteiger partial charge in [-0.05, 0) is 24.0 Å². The second-order valence-corrected chi connectivity index (χ2v) is 6.84. The molecule has 0 radical (unpaired) electrons. The fraction of sp³-hybridized carbons (Fsp3) is 0.421. The van der Waals surface area contributed by atoms with Gasteiger partial charge in [0.15, 0.2) is 0 Å². The van der Waals surface area contributed by atoms with Crippen LogP contribution in [0.2, 0.25) is 0 Å². The summed E-state index contributed by atoms with van der Waals surface area (Å²) in [6, 6.07) is 15.5. The van der Waals surface area contributed by atoms with Gasteiger partial charge in [-0.15, -0.1) is 0 Å². The molecule has 2 aliphatic heterocycles. The fourth-order valence-electron chi connectivity index (χ4n) is 4.17. The van der Waals surface area contributed by atoms with E-state index < -0.39 is 6.10 Å². The quantitative estimate of drug-likeness (QED) is 0.943. The summed E-state index contributed by atoms with van der Waals surface area (Å²) in [6.07, 6.45) is 0.703. The molecule has 4 nitrogen and oxygen atoms in total. The van der Waals surface area contributed by atoms with Crippen LogP contribution in [-0.2, 0) is 6.54 Å². The zero-order chi connectivity index (χ0) is 15.8. The number of piperidine rings is 1. The van der Waals surface area contributed by atoms with E-state index in [9.17, 15) is 9.90 Å². The summed E-state index contributed by atoms with van der Waals surface area (Å²) >= 11 is 0. The summed E-state index contributed by atoms with van der Waals surface area (Å²) in [5.41, 5.74) is 2.25. The molecule has 120 valence electrons. The van der Waals surface area contributed by atoms with Crippen LogP contribution < -0.4 is 5.56 Å². The third kappa shape index (κ3) is 2.84. The highest BCUT2D eigenvalue weighted by molar-refractivity contribution is 5.19. The van der Waals surface area contributed by atoms with Gasteiger partial charge < -0.3 is 9.67 Å². The van der Waals surface area contributed by atoms with E-state index in [-0.39, 0.29) is 5.56 Å². The molecule has 3 heterocycles. The maximum absolute atomic E-state index is 12.0. The Morgan fingerprint density at radius 1 is 1.04 bits per heavy atom. The van der Waals surface area contributed by atoms with Crippen LogP contribution in [0.15, 0.2) is 53.3 Å². The number of pyridine rings is 1. The summed E-state index contributed by atoms with van der Waals surface area (Å²) in [5, 5.41) is 10.5. The largest absolute Gasteiger partial charge is 0.387 e. The third-order valence-electron chi connectivity index (χ3n) is 5.17. The first kappa shape index (κ1) is 14.7. The molecule has 0 saturated carbocycles. The molecule has 2 aliphatic rings. The summed E-state index contributed by atoms with van der Waals surface area (Å²) < 4.78 is 1.95. The van der Waals surface area contributed by atoms with Gasteiger partial charge in [-0.1, -0.05) is 36.4 Å². The van der Waals surface area contributed by atoms with Gasteiger partial charge >= 0.3 is 0 Å². The first-order valence-electron chi connectivity index (χ1n) is 8.36. The van der Waals surface area contributed by atoms with E-state index in [0.29, 0.717) is 18.4 Å². The van der Waals surface area contributed by atoms with Crippen molar-refractivity contribution in [2.45, 2.75) is 25.0 Å². The van der Waals surface area contributed by atoms with E-state index in [1.807, 2.05) is 41.0 Å². The Morgan fingerprint density at radius 2 is 1.87 bits per heavy atom. The number of hydrogen-bond acceptors (Lipinski definition) is 3. The van der Waals surface area contributed by atoms with E-state index >= 15 is 0 Å². The lowest BCUT2D eigenvalue weighted by Gasteiger charge is -2.43. The Balaban J connectivity index is 1.51. The van der Waals surface area contributed by atoms with E-state index in [4.69, 9.17) is 0 Å². The molecule has 1 aromatic carbocycles. The monoisotopic (exact) mass is 310 g/mol. The number of benzene rings is 1. The molecule has 2 bridgehead atoms. The highest BCUT2D eigenvalue weighted by atomic mass is 16.3. The van der Waals surface area contributed by atoms with Gasteiger partial charge in [-0.3, -0.25) is 9.69 Å². The van der Waals surface area contributed by atoms with E-state index in [0.717, 1.165) is 37.3 Å². The van der Waals surface area contributed by atoms with Gasteiger partial charge in [-0.2, -0.15) is 0 Å². The highest BCUT2D eigenvalue weighted by Gasteiger charge is 2.34. The Bertz CT molecular complexity index is 741. The van der Waals surface area contributed by atoms with Gasteiger partial charge in [0.05, 0.1) is 6.10 Å². The molecule has 1 N–H and O–H groups in total. The SMILES string of the molecule is O=c1cccc2n1CC1C[C@H]2CN(CC(O)c2ccccc2)C1. The molecule has 1 aromatic heterocycles. The van der Waals surface area contributed by atoms with Crippen molar-refractivity contribution in [1.29, 1.82) is 0 Å². The summed E-state index contributed by atoms with van der Waals surface area (Å²) in [6.45, 7) is 3.35. The lowest BCUT2D eigenvalue weighted by atomic mass is 9.83. The van der Waals surface area contributed by atoms with Crippen LogP contribution in [0, 0.1) is 5.92 Å². The van der Waals surface area contributed by atoms with E-state index in [1.54, 1.807) is 6.07 Å². The number of hydrogen-bond donors (Lipinski definition) is 1. The zero-order valence-corrected chi connectivity index (χ0v) is 13.1. The number of rotatable bonds is 3. The summed E-state index contributed by atoms with van der Waals surface area (Å²) in [5.74, 6) is 0.906. The maximum Gasteiger partial charge on any atom is 0.250 e. The van der Waals surface area contributed by atoms with Crippen LogP contribution in [0.25, 0.3) is 0 Å². The molecule has 1 saturated heterocycles. The maximum atomic E-state index is 12.0. The van der Waals surface area contributed by atoms with E-state index in [2.05, 4.69) is 11.0 Å². The summed E-state index contributed by atoms with van der Waals surface area (Å²) in [7, 11) is 0. The number of aliphatic hydroxyl groups is 1. The molecule has 0 spiro atoms. The molecule has 2 unspecified atom stereocenters. The molecule has 4 heteroatoms. The predicted molar refractivity (Wildman–Crippen MR) is 89.4 cm³/mol. The van der Waals surface area contributed by atoms with Gasteiger partial charge in [0.2, 0.25) is 0 Å². The number of likely N-dealkylation sites (tertiary alicyclic amines) is 1. The second kappa shape index (κ2) is 5.95. The smallest absolute Gasteiger partial charge is 0.250 e. The number of fused-ring (bicyclic) bond motifs is 4. The minimum absolute atomic E-state index is 0.120. The average molecular weight is 310 g/mol. The van der Waals surface area contributed by atoms with Crippen molar-refractivity contribution in [1.82, 2.24) is 9.47 Å². The summed E-state index contributed by atoms with van der Waals surface area (Å²) in [4.78, 5) is 14.4. The standard InChI is InChI=1S/C19H22N2O2/c22-18(15-5-2-1-3-6-15)13-20-10-14-9-16(12-20)17-7-4-8-19(23)21(17)11-14/h1-8,14,16,18,22H,9-13H2/t14?,16-,18?/m0/s1. The molecular weight excluding hydrogens is 288 g/mol. The second-order valence-electron chi connectivity index (χ2n) is 6.84. The first-order valence-corrected chi connectivity index (χ1v) is 8.36. The van der Waals surface area contributed by atoms with Crippen molar-refractivity contribution in [3.05, 3.63) is 70.1 Å². The number of aromatic nitrogens is 1. The highest BCUT2D eigenvalue weighted by Crippen LogP contribution is 2.35. The third-order valence-corrected chi connectivity index (χ3v) is 5.17. The van der Waals surface area contributed by atoms with Crippen molar-refractivity contribution in [3.63, 3.8) is 0 Å². The van der Waals surface area contributed by atoms with Crippen LogP contribution in [-0.4, -0.2) is 34.2 Å². The minimum atomic E-state index is -0.451. The van der Waals surface area contributed by atoms with Crippen molar-refractivity contribution in [2.75, 3.05) is 19.6 Å². The topological polar surface area (TPSA) is 45.5 Å². The van der Waals surface area contributed by atoms with Crippen molar-refractivity contribution in [2.24, 2.45) is 5.92 Å². The van der Waals surface area contributed by atoms with Crippen LogP contribution in [0.5, 0.6) is 0 Å². The average Bonchev–Trinajstić information content (AvgIpc) is 2.57. The Hall–Kier alpha value is -1.91. The fourth-order valence-corrected chi connectivity index (χ4v) is 4.17. The van der Waals surface area contributed by atoms with Gasteiger partial charge in [0, 0.05) is 43.9 Å². The van der Waals surface area contributed by atoms with Crippen molar-refractivity contribution in [3.8, 4) is 0 Å². The van der Waals surface area contributed by atoms with Gasteiger partial charge in [0.25, 0.3) is 5.56 Å². The minimum Gasteiger partial charge on any atom is -0.387 e. The predicted octanol–water partition coefficient (Wildman–Crippen LogP) is 2.00. The molecule has 3 atom stereocenters. The number of β-amino-alcohol motifs (C(OH)–C–C–N with tert-alkyl or cyclic N) is 1. The normalized spacial score (nSPS) is 24.9. The molecule has 2 aromatic rings. The van der Waals surface area contributed by atoms with Crippen LogP contribution in [0.1, 0.15) is 29.7 Å². The van der Waals surface area contributed by atoms with E-state index in [1.165, 1.54) is 0 Å². The Kier molecular flexibility index (Phi) is 3.79. The number of aliphatic hydroxyl groups excluding tert-OH is 1. The van der Waals surface area contributed by atoms with Crippen LogP contribution in [0.4, 0.5) is 0 Å².